The first-order valence-corrected chi connectivity index (χ1v) is 8.73. The molecule has 1 atom stereocenters. The quantitative estimate of drug-likeness (QED) is 0.869. The minimum atomic E-state index is -0.119. The number of carbonyl (C=O) groups excluding carboxylic acids is 2. The zero-order valence-corrected chi connectivity index (χ0v) is 14.2. The highest BCUT2D eigenvalue weighted by Gasteiger charge is 2.30. The number of hydrogen-bond donors (Lipinski definition) is 2. The summed E-state index contributed by atoms with van der Waals surface area (Å²) in [6, 6.07) is 7.86. The van der Waals surface area contributed by atoms with E-state index in [1.807, 2.05) is 24.3 Å². The highest BCUT2D eigenvalue weighted by molar-refractivity contribution is 7.07. The van der Waals surface area contributed by atoms with Gasteiger partial charge in [-0.15, -0.1) is 0 Å². The van der Waals surface area contributed by atoms with Gasteiger partial charge in [-0.1, -0.05) is 29.5 Å². The van der Waals surface area contributed by atoms with Gasteiger partial charge in [-0.2, -0.15) is 0 Å². The van der Waals surface area contributed by atoms with Gasteiger partial charge >= 0.3 is 4.87 Å². The van der Waals surface area contributed by atoms with Crippen molar-refractivity contribution in [3.8, 4) is 0 Å². The molecule has 0 saturated heterocycles. The molecular weight excluding hydrogens is 326 g/mol. The molecule has 1 aromatic heterocycles. The number of anilines is 1. The molecule has 0 fully saturated rings. The number of carbonyl (C=O) groups is 2. The van der Waals surface area contributed by atoms with Gasteiger partial charge in [0.15, 0.2) is 0 Å². The van der Waals surface area contributed by atoms with Crippen LogP contribution in [0.25, 0.3) is 0 Å². The molecule has 3 rings (SSSR count). The van der Waals surface area contributed by atoms with E-state index in [9.17, 15) is 14.4 Å². The van der Waals surface area contributed by atoms with E-state index in [1.165, 1.54) is 0 Å². The second-order valence-corrected chi connectivity index (χ2v) is 6.72. The third kappa shape index (κ3) is 3.56. The molecule has 0 bridgehead atoms. The Kier molecular flexibility index (Phi) is 4.80. The lowest BCUT2D eigenvalue weighted by Gasteiger charge is -2.15. The second kappa shape index (κ2) is 7.00. The van der Waals surface area contributed by atoms with Gasteiger partial charge in [-0.25, -0.2) is 0 Å². The van der Waals surface area contributed by atoms with Gasteiger partial charge in [0.25, 0.3) is 0 Å². The SMILES string of the molecule is CC(=O)N1C[C@@H](CCC(=O)NCc2csc(=O)[nH]2)c2ccccc21. The maximum absolute atomic E-state index is 12.0. The molecular formula is C17H19N3O3S. The third-order valence-corrected chi connectivity index (χ3v) is 4.94. The third-order valence-electron chi connectivity index (χ3n) is 4.22. The van der Waals surface area contributed by atoms with Crippen molar-refractivity contribution in [2.45, 2.75) is 32.2 Å². The van der Waals surface area contributed by atoms with Gasteiger partial charge in [0.2, 0.25) is 11.8 Å². The van der Waals surface area contributed by atoms with Gasteiger partial charge in [0.05, 0.1) is 6.54 Å². The minimum absolute atomic E-state index is 0.0239. The first-order chi connectivity index (χ1) is 11.5. The molecule has 2 N–H and O–H groups in total. The highest BCUT2D eigenvalue weighted by atomic mass is 32.1. The van der Waals surface area contributed by atoms with Crippen LogP contribution in [0.3, 0.4) is 0 Å². The summed E-state index contributed by atoms with van der Waals surface area (Å²) < 4.78 is 0. The monoisotopic (exact) mass is 345 g/mol. The Morgan fingerprint density at radius 2 is 2.17 bits per heavy atom. The summed E-state index contributed by atoms with van der Waals surface area (Å²) >= 11 is 1.09. The molecule has 2 aromatic rings. The van der Waals surface area contributed by atoms with E-state index in [2.05, 4.69) is 10.3 Å². The molecule has 0 aliphatic carbocycles. The van der Waals surface area contributed by atoms with E-state index in [0.717, 1.165) is 22.6 Å². The number of H-pyrrole nitrogens is 1. The Bertz CT molecular complexity index is 811. The average molecular weight is 345 g/mol. The van der Waals surface area contributed by atoms with Crippen molar-refractivity contribution in [3.63, 3.8) is 0 Å². The highest BCUT2D eigenvalue weighted by Crippen LogP contribution is 2.38. The lowest BCUT2D eigenvalue weighted by molar-refractivity contribution is -0.121. The van der Waals surface area contributed by atoms with E-state index in [-0.39, 0.29) is 22.6 Å². The van der Waals surface area contributed by atoms with Crippen LogP contribution in [0.4, 0.5) is 5.69 Å². The Labute approximate surface area is 143 Å². The Morgan fingerprint density at radius 3 is 2.88 bits per heavy atom. The molecule has 2 heterocycles. The predicted octanol–water partition coefficient (Wildman–Crippen LogP) is 1.98. The van der Waals surface area contributed by atoms with Crippen LogP contribution in [0, 0.1) is 0 Å². The van der Waals surface area contributed by atoms with Crippen molar-refractivity contribution in [2.24, 2.45) is 0 Å². The van der Waals surface area contributed by atoms with Crippen LogP contribution < -0.4 is 15.1 Å². The molecule has 7 heteroatoms. The van der Waals surface area contributed by atoms with E-state index >= 15 is 0 Å². The zero-order valence-electron chi connectivity index (χ0n) is 13.4. The summed E-state index contributed by atoms with van der Waals surface area (Å²) in [5, 5.41) is 4.52. The topological polar surface area (TPSA) is 82.3 Å². The average Bonchev–Trinajstić information content (AvgIpc) is 3.14. The summed E-state index contributed by atoms with van der Waals surface area (Å²) in [7, 11) is 0. The maximum Gasteiger partial charge on any atom is 0.304 e. The van der Waals surface area contributed by atoms with Crippen molar-refractivity contribution in [1.29, 1.82) is 0 Å². The van der Waals surface area contributed by atoms with Crippen molar-refractivity contribution in [2.75, 3.05) is 11.4 Å². The van der Waals surface area contributed by atoms with Crippen LogP contribution in [0.15, 0.2) is 34.4 Å². The van der Waals surface area contributed by atoms with Crippen LogP contribution >= 0.6 is 11.3 Å². The lowest BCUT2D eigenvalue weighted by Crippen LogP contribution is -2.28. The Morgan fingerprint density at radius 1 is 1.38 bits per heavy atom. The smallest absolute Gasteiger partial charge is 0.304 e. The molecule has 6 nitrogen and oxygen atoms in total. The van der Waals surface area contributed by atoms with Crippen LogP contribution in [-0.2, 0) is 16.1 Å². The molecule has 2 amide bonds. The minimum Gasteiger partial charge on any atom is -0.351 e. The first-order valence-electron chi connectivity index (χ1n) is 7.85. The van der Waals surface area contributed by atoms with Crippen molar-refractivity contribution >= 4 is 28.8 Å². The molecule has 1 aromatic carbocycles. The van der Waals surface area contributed by atoms with Crippen LogP contribution in [0.1, 0.15) is 36.9 Å². The van der Waals surface area contributed by atoms with E-state index in [1.54, 1.807) is 17.2 Å². The second-order valence-electron chi connectivity index (χ2n) is 5.87. The normalized spacial score (nSPS) is 16.0. The number of nitrogens with zero attached hydrogens (tertiary/aromatic N) is 1. The number of fused-ring (bicyclic) bond motifs is 1. The number of para-hydroxylation sites is 1. The van der Waals surface area contributed by atoms with Crippen LogP contribution in [-0.4, -0.2) is 23.3 Å². The summed E-state index contributed by atoms with van der Waals surface area (Å²) in [4.78, 5) is 39.2. The number of amides is 2. The summed E-state index contributed by atoms with van der Waals surface area (Å²) in [5.74, 6) is 0.147. The lowest BCUT2D eigenvalue weighted by atomic mass is 9.96. The predicted molar refractivity (Wildman–Crippen MR) is 93.2 cm³/mol. The summed E-state index contributed by atoms with van der Waals surface area (Å²) in [5.41, 5.74) is 2.79. The number of thiazole rings is 1. The standard InChI is InChI=1S/C17H19N3O3S/c1-11(21)20-9-12(14-4-2-3-5-15(14)20)6-7-16(22)18-8-13-10-24-17(23)19-13/h2-5,10,12H,6-9H2,1H3,(H,18,22)(H,19,23)/t12-/m1/s1. The molecule has 0 saturated carbocycles. The van der Waals surface area contributed by atoms with Crippen molar-refractivity contribution in [1.82, 2.24) is 10.3 Å². The van der Waals surface area contributed by atoms with Gasteiger partial charge in [0.1, 0.15) is 0 Å². The zero-order chi connectivity index (χ0) is 17.1. The van der Waals surface area contributed by atoms with E-state index < -0.39 is 0 Å². The van der Waals surface area contributed by atoms with Gasteiger partial charge < -0.3 is 15.2 Å². The molecule has 0 spiro atoms. The largest absolute Gasteiger partial charge is 0.351 e. The maximum atomic E-state index is 12.0. The fourth-order valence-electron chi connectivity index (χ4n) is 3.03. The van der Waals surface area contributed by atoms with E-state index in [0.29, 0.717) is 31.6 Å². The van der Waals surface area contributed by atoms with Crippen molar-refractivity contribution < 1.29 is 9.59 Å². The summed E-state index contributed by atoms with van der Waals surface area (Å²) in [6.07, 6.45) is 1.08. The number of benzene rings is 1. The van der Waals surface area contributed by atoms with Gasteiger partial charge in [-0.05, 0) is 18.1 Å². The number of aromatic nitrogens is 1. The molecule has 0 radical (unpaired) electrons. The van der Waals surface area contributed by atoms with Gasteiger partial charge in [-0.3, -0.25) is 14.4 Å². The number of aromatic amines is 1. The van der Waals surface area contributed by atoms with Crippen molar-refractivity contribution in [3.05, 3.63) is 50.6 Å². The van der Waals surface area contributed by atoms with Gasteiger partial charge in [0, 0.05) is 42.6 Å². The Balaban J connectivity index is 1.56. The number of nitrogens with one attached hydrogen (secondary N) is 2. The number of rotatable bonds is 5. The number of hydrogen-bond acceptors (Lipinski definition) is 4. The molecule has 1 aliphatic rings. The first kappa shape index (κ1) is 16.4. The fraction of sp³-hybridized carbons (Fsp3) is 0.353. The van der Waals surface area contributed by atoms with E-state index in [4.69, 9.17) is 0 Å². The fourth-order valence-corrected chi connectivity index (χ4v) is 3.61. The molecule has 0 unspecified atom stereocenters. The van der Waals surface area contributed by atoms with Crippen LogP contribution in [0.5, 0.6) is 0 Å². The Hall–Kier alpha value is -2.41. The summed E-state index contributed by atoms with van der Waals surface area (Å²) in [6.45, 7) is 2.52. The molecule has 24 heavy (non-hydrogen) atoms. The van der Waals surface area contributed by atoms with Crippen LogP contribution in [0.2, 0.25) is 0 Å². The molecule has 1 aliphatic heterocycles. The molecule has 126 valence electrons.